The van der Waals surface area contributed by atoms with E-state index < -0.39 is 40.3 Å². The van der Waals surface area contributed by atoms with Gasteiger partial charge in [-0.25, -0.2) is 0 Å². The van der Waals surface area contributed by atoms with Crippen LogP contribution in [0.15, 0.2) is 24.5 Å². The highest BCUT2D eigenvalue weighted by molar-refractivity contribution is 5.68. The topological polar surface area (TPSA) is 56.0 Å². The second-order valence-corrected chi connectivity index (χ2v) is 3.25. The summed E-state index contributed by atoms with van der Waals surface area (Å²) in [5.41, 5.74) is -4.33. The molecule has 4 nitrogen and oxygen atoms in total. The van der Waals surface area contributed by atoms with E-state index in [4.69, 9.17) is 0 Å². The number of aromatic nitrogens is 1. The molecule has 0 spiro atoms. The molecule has 10 heteroatoms. The molecule has 19 heavy (non-hydrogen) atoms. The van der Waals surface area contributed by atoms with Crippen LogP contribution in [0.1, 0.15) is 11.3 Å². The largest absolute Gasteiger partial charge is 0.433 e. The van der Waals surface area contributed by atoms with Gasteiger partial charge in [0.15, 0.2) is 0 Å². The zero-order chi connectivity index (χ0) is 14.8. The second kappa shape index (κ2) is 4.86. The summed E-state index contributed by atoms with van der Waals surface area (Å²) in [7, 11) is 0. The predicted octanol–water partition coefficient (Wildman–Crippen LogP) is 3.28. The van der Waals surface area contributed by atoms with Crippen LogP contribution in [0.2, 0.25) is 0 Å². The molecule has 1 heterocycles. The van der Waals surface area contributed by atoms with Gasteiger partial charge < -0.3 is 0 Å². The maximum atomic E-state index is 12.5. The van der Waals surface area contributed by atoms with E-state index in [1.807, 2.05) is 0 Å². The molecule has 0 bridgehead atoms. The maximum absolute atomic E-state index is 12.5. The van der Waals surface area contributed by atoms with Crippen LogP contribution in [0.3, 0.4) is 0 Å². The summed E-state index contributed by atoms with van der Waals surface area (Å²) < 4.78 is 74.4. The first-order valence-electron chi connectivity index (χ1n) is 4.48. The Morgan fingerprint density at radius 1 is 1.26 bits per heavy atom. The molecule has 0 saturated heterocycles. The molecule has 0 aromatic carbocycles. The third-order valence-corrected chi connectivity index (χ3v) is 1.90. The van der Waals surface area contributed by atoms with Gasteiger partial charge in [-0.2, -0.15) is 26.3 Å². The third-order valence-electron chi connectivity index (χ3n) is 1.90. The number of alkyl halides is 6. The Hall–Kier alpha value is -2.13. The van der Waals surface area contributed by atoms with Gasteiger partial charge >= 0.3 is 12.4 Å². The van der Waals surface area contributed by atoms with E-state index in [1.165, 1.54) is 0 Å². The summed E-state index contributed by atoms with van der Waals surface area (Å²) in [6.45, 7) is 0. The molecule has 0 aliphatic rings. The summed E-state index contributed by atoms with van der Waals surface area (Å²) >= 11 is 0. The van der Waals surface area contributed by atoms with E-state index >= 15 is 0 Å². The Morgan fingerprint density at radius 2 is 1.84 bits per heavy atom. The number of nitro groups is 1. The van der Waals surface area contributed by atoms with Gasteiger partial charge in [-0.05, 0) is 17.7 Å². The SMILES string of the molecule is O=[N+]([O-])C=C(c1ccnc(C(F)(F)F)c1)C(F)(F)F. The lowest BCUT2D eigenvalue weighted by Crippen LogP contribution is -2.14. The molecule has 0 saturated carbocycles. The van der Waals surface area contributed by atoms with E-state index in [9.17, 15) is 36.5 Å². The number of allylic oxidation sites excluding steroid dienone is 1. The summed E-state index contributed by atoms with van der Waals surface area (Å²) in [4.78, 5) is 11.6. The molecular formula is C9H4F6N2O2. The Labute approximate surface area is 101 Å². The molecule has 0 atom stereocenters. The summed E-state index contributed by atoms with van der Waals surface area (Å²) in [6, 6.07) is 0.709. The molecule has 1 rings (SSSR count). The van der Waals surface area contributed by atoms with Crippen LogP contribution in [0, 0.1) is 10.1 Å². The Bertz CT molecular complexity index is 520. The Kier molecular flexibility index (Phi) is 3.82. The lowest BCUT2D eigenvalue weighted by atomic mass is 10.1. The van der Waals surface area contributed by atoms with Crippen molar-refractivity contribution in [1.29, 1.82) is 0 Å². The molecule has 0 aliphatic carbocycles. The van der Waals surface area contributed by atoms with E-state index in [0.29, 0.717) is 12.3 Å². The van der Waals surface area contributed by atoms with Gasteiger partial charge in [0.25, 0.3) is 0 Å². The van der Waals surface area contributed by atoms with Crippen LogP contribution in [0.25, 0.3) is 5.57 Å². The molecule has 0 radical (unpaired) electrons. The fourth-order valence-corrected chi connectivity index (χ4v) is 1.17. The van der Waals surface area contributed by atoms with Gasteiger partial charge in [-0.3, -0.25) is 15.1 Å². The van der Waals surface area contributed by atoms with Crippen molar-refractivity contribution in [3.05, 3.63) is 45.9 Å². The number of halogens is 6. The molecule has 0 fully saturated rings. The van der Waals surface area contributed by atoms with Crippen molar-refractivity contribution in [2.45, 2.75) is 12.4 Å². The molecule has 1 aromatic heterocycles. The monoisotopic (exact) mass is 286 g/mol. The molecule has 1 aromatic rings. The van der Waals surface area contributed by atoms with Crippen molar-refractivity contribution in [2.24, 2.45) is 0 Å². The van der Waals surface area contributed by atoms with Crippen molar-refractivity contribution in [3.8, 4) is 0 Å². The smallest absolute Gasteiger partial charge is 0.259 e. The first kappa shape index (κ1) is 14.9. The van der Waals surface area contributed by atoms with Crippen LogP contribution in [0.5, 0.6) is 0 Å². The lowest BCUT2D eigenvalue weighted by Gasteiger charge is -2.11. The van der Waals surface area contributed by atoms with Crippen molar-refractivity contribution in [3.63, 3.8) is 0 Å². The van der Waals surface area contributed by atoms with E-state index in [1.54, 1.807) is 0 Å². The van der Waals surface area contributed by atoms with Gasteiger partial charge in [-0.15, -0.1) is 0 Å². The standard InChI is InChI=1S/C9H4F6N2O2/c10-8(11,12)6(4-17(18)19)5-1-2-16-7(3-5)9(13,14)15/h1-4H. The zero-order valence-electron chi connectivity index (χ0n) is 8.79. The van der Waals surface area contributed by atoms with Crippen molar-refractivity contribution >= 4 is 5.57 Å². The first-order chi connectivity index (χ1) is 8.51. The van der Waals surface area contributed by atoms with Gasteiger partial charge in [-0.1, -0.05) is 0 Å². The molecular weight excluding hydrogens is 282 g/mol. The Morgan fingerprint density at radius 3 is 2.26 bits per heavy atom. The van der Waals surface area contributed by atoms with Crippen LogP contribution >= 0.6 is 0 Å². The maximum Gasteiger partial charge on any atom is 0.433 e. The zero-order valence-corrected chi connectivity index (χ0v) is 8.79. The van der Waals surface area contributed by atoms with E-state index in [0.717, 1.165) is 0 Å². The van der Waals surface area contributed by atoms with E-state index in [2.05, 4.69) is 4.98 Å². The van der Waals surface area contributed by atoms with Crippen molar-refractivity contribution < 1.29 is 31.3 Å². The second-order valence-electron chi connectivity index (χ2n) is 3.25. The molecule has 104 valence electrons. The fraction of sp³-hybridized carbons (Fsp3) is 0.222. The highest BCUT2D eigenvalue weighted by Crippen LogP contribution is 2.36. The highest BCUT2D eigenvalue weighted by Gasteiger charge is 2.39. The quantitative estimate of drug-likeness (QED) is 0.476. The summed E-state index contributed by atoms with van der Waals surface area (Å²) in [5, 5.41) is 10.1. The summed E-state index contributed by atoms with van der Waals surface area (Å²) in [6.07, 6.45) is -9.99. The third kappa shape index (κ3) is 3.93. The van der Waals surface area contributed by atoms with Crippen molar-refractivity contribution in [2.75, 3.05) is 0 Å². The lowest BCUT2D eigenvalue weighted by molar-refractivity contribution is -0.402. The number of hydrogen-bond acceptors (Lipinski definition) is 3. The fourth-order valence-electron chi connectivity index (χ4n) is 1.17. The van der Waals surface area contributed by atoms with Gasteiger partial charge in [0.2, 0.25) is 6.20 Å². The first-order valence-corrected chi connectivity index (χ1v) is 4.48. The van der Waals surface area contributed by atoms with Gasteiger partial charge in [0, 0.05) is 6.20 Å². The molecule has 0 unspecified atom stereocenters. The summed E-state index contributed by atoms with van der Waals surface area (Å²) in [5.74, 6) is 0. The minimum atomic E-state index is -5.16. The van der Waals surface area contributed by atoms with Crippen LogP contribution in [0.4, 0.5) is 26.3 Å². The van der Waals surface area contributed by atoms with Gasteiger partial charge in [0.05, 0.1) is 4.92 Å². The average molecular weight is 286 g/mol. The number of rotatable bonds is 2. The normalized spacial score (nSPS) is 13.5. The minimum Gasteiger partial charge on any atom is -0.259 e. The average Bonchev–Trinajstić information content (AvgIpc) is 2.23. The van der Waals surface area contributed by atoms with Crippen LogP contribution in [-0.2, 0) is 6.18 Å². The van der Waals surface area contributed by atoms with Crippen molar-refractivity contribution in [1.82, 2.24) is 4.98 Å². The van der Waals surface area contributed by atoms with E-state index in [-0.39, 0.29) is 6.07 Å². The molecule has 0 aliphatic heterocycles. The number of pyridine rings is 1. The number of hydrogen-bond donors (Lipinski definition) is 0. The Balaban J connectivity index is 3.37. The molecule has 0 N–H and O–H groups in total. The van der Waals surface area contributed by atoms with Crippen LogP contribution < -0.4 is 0 Å². The van der Waals surface area contributed by atoms with Gasteiger partial charge in [0.1, 0.15) is 11.3 Å². The minimum absolute atomic E-state index is 0.100. The highest BCUT2D eigenvalue weighted by atomic mass is 19.4. The molecule has 0 amide bonds. The van der Waals surface area contributed by atoms with Crippen LogP contribution in [-0.4, -0.2) is 16.1 Å². The number of nitrogens with zero attached hydrogens (tertiary/aromatic N) is 2. The predicted molar refractivity (Wildman–Crippen MR) is 50.3 cm³/mol.